The SMILES string of the molecule is C[C@H]1CCCN1C(=O)c1nc(C(=O)NCC(C)(C)O)sc1-c1cnc(NC2CCCCC2)c(C#N)c1.Cc1cc(NC(C)C)ncc1-c1sc(C(=O)NCC(C)(C)O)nc1C(=O)N1CCC[C@@H]1C.Cc1cc(NC2(C)CCC2)ncc1-c1sc(C(=O)NCC(C)(C)O)nc1C(=O)N1C2CCC1CC2. The van der Waals surface area contributed by atoms with Crippen LogP contribution >= 0.6 is 34.0 Å². The number of aryl methyl sites for hydroxylation is 2. The quantitative estimate of drug-likeness (QED) is 0.0323. The number of hydrogen-bond donors (Lipinski definition) is 9. The van der Waals surface area contributed by atoms with Crippen molar-refractivity contribution in [3.8, 4) is 37.4 Å². The maximum atomic E-state index is 13.7. The van der Waals surface area contributed by atoms with Crippen molar-refractivity contribution in [2.75, 3.05) is 48.7 Å². The first-order valence-electron chi connectivity index (χ1n) is 36.3. The Hall–Kier alpha value is -8.07. The van der Waals surface area contributed by atoms with Crippen molar-refractivity contribution < 1.29 is 44.1 Å². The predicted molar refractivity (Wildman–Crippen MR) is 403 cm³/mol. The fourth-order valence-corrected chi connectivity index (χ4v) is 16.9. The van der Waals surface area contributed by atoms with Gasteiger partial charge >= 0.3 is 0 Å². The first-order chi connectivity index (χ1) is 48.6. The van der Waals surface area contributed by atoms with Crippen molar-refractivity contribution in [3.63, 3.8) is 0 Å². The van der Waals surface area contributed by atoms with E-state index in [0.717, 1.165) is 135 Å². The van der Waals surface area contributed by atoms with E-state index in [9.17, 15) is 49.3 Å². The molecule has 2 atom stereocenters. The Labute approximate surface area is 616 Å². The second-order valence-corrected chi connectivity index (χ2v) is 34.0. The summed E-state index contributed by atoms with van der Waals surface area (Å²) in [6, 6.07) is 9.21. The molecule has 9 N–H and O–H groups in total. The van der Waals surface area contributed by atoms with E-state index >= 15 is 0 Å². The van der Waals surface area contributed by atoms with Gasteiger partial charge in [-0.2, -0.15) is 5.26 Å². The van der Waals surface area contributed by atoms with Gasteiger partial charge in [-0.05, 0) is 203 Å². The van der Waals surface area contributed by atoms with E-state index in [1.807, 2.05) is 63.5 Å². The van der Waals surface area contributed by atoms with Gasteiger partial charge in [-0.3, -0.25) is 28.8 Å². The van der Waals surface area contributed by atoms with Crippen molar-refractivity contribution in [1.82, 2.24) is 60.6 Å². The number of anilines is 3. The molecular weight excluding hydrogens is 1370 g/mol. The lowest BCUT2D eigenvalue weighted by molar-refractivity contribution is 0.0692. The first kappa shape index (κ1) is 77.5. The Morgan fingerprint density at radius 2 is 1.02 bits per heavy atom. The maximum Gasteiger partial charge on any atom is 0.280 e. The molecule has 12 rings (SSSR count). The summed E-state index contributed by atoms with van der Waals surface area (Å²) in [5.41, 5.74) is 2.25. The number of thiazole rings is 3. The van der Waals surface area contributed by atoms with Gasteiger partial charge in [-0.1, -0.05) is 19.3 Å². The zero-order valence-electron chi connectivity index (χ0n) is 61.8. The molecule has 6 aromatic heterocycles. The molecule has 103 heavy (non-hydrogen) atoms. The summed E-state index contributed by atoms with van der Waals surface area (Å²) in [5.74, 6) is 0.400. The molecule has 554 valence electrons. The standard InChI is InChI=1S/C26H34N6O3S.C26H35N5O3S.C23H33N5O3S/c1-16-8-7-11-32(16)25(34)20-21(36-24(31-20)23(33)29-15-26(2,3)35)18-12-17(13-27)22(28-14-18)30-19-9-5-4-6-10-19;1-15-12-19(30-26(4)10-5-11-26)27-13-18(15)21-20(24(33)31-16-6-7-17(31)9-8-16)29-23(35-21)22(32)28-14-25(2,3)34;1-13(2)26-17-10-14(3)16(11-24-17)19-18(22(30)28-9-7-8-15(28)4)27-21(32-19)20(29)25-12-23(5,6)31/h12,14,16,19,35H,4-11,15H2,1-3H3,(H,28,30)(H,29,33);12-13,16-17,34H,5-11,14H2,1-4H3,(H,27,30)(H,28,32);10-11,13,15,31H,7-9,12H2,1-6H3,(H,24,26)(H,25,29)/t16-;;15-/m0.0/s1. The predicted octanol–water partition coefficient (Wildman–Crippen LogP) is 11.5. The molecule has 6 aromatic rings. The van der Waals surface area contributed by atoms with Gasteiger partial charge in [0.1, 0.15) is 40.6 Å². The van der Waals surface area contributed by atoms with Gasteiger partial charge in [0.2, 0.25) is 0 Å². The summed E-state index contributed by atoms with van der Waals surface area (Å²) >= 11 is 3.50. The highest BCUT2D eigenvalue weighted by Crippen LogP contribution is 2.43. The smallest absolute Gasteiger partial charge is 0.280 e. The summed E-state index contributed by atoms with van der Waals surface area (Å²) < 4.78 is 0. The number of rotatable bonds is 21. The number of nitriles is 1. The summed E-state index contributed by atoms with van der Waals surface area (Å²) in [6.07, 6.45) is 22.2. The fourth-order valence-electron chi connectivity index (χ4n) is 13.9. The van der Waals surface area contributed by atoms with Crippen molar-refractivity contribution in [2.45, 2.75) is 251 Å². The Bertz CT molecular complexity index is 4110. The van der Waals surface area contributed by atoms with Crippen LogP contribution in [0.15, 0.2) is 36.8 Å². The minimum absolute atomic E-state index is 0.0505. The second kappa shape index (κ2) is 32.5. The third kappa shape index (κ3) is 19.5. The van der Waals surface area contributed by atoms with Crippen LogP contribution in [0.5, 0.6) is 0 Å². The van der Waals surface area contributed by atoms with E-state index in [-0.39, 0.29) is 105 Å². The Balaban J connectivity index is 0.000000166. The van der Waals surface area contributed by atoms with E-state index in [4.69, 9.17) is 0 Å². The van der Waals surface area contributed by atoms with Gasteiger partial charge in [0.05, 0.1) is 37.0 Å². The fraction of sp³-hybridized carbons (Fsp3) is 0.587. The summed E-state index contributed by atoms with van der Waals surface area (Å²) in [5, 5.41) is 58.7. The van der Waals surface area contributed by atoms with Crippen molar-refractivity contribution in [2.24, 2.45) is 0 Å². The number of fused-ring (bicyclic) bond motifs is 2. The molecule has 4 aliphatic heterocycles. The van der Waals surface area contributed by atoms with E-state index < -0.39 is 28.6 Å². The molecule has 10 heterocycles. The lowest BCUT2D eigenvalue weighted by Crippen LogP contribution is -2.41. The Morgan fingerprint density at radius 3 is 1.43 bits per heavy atom. The van der Waals surface area contributed by atoms with Crippen LogP contribution in [0.25, 0.3) is 31.3 Å². The first-order valence-corrected chi connectivity index (χ1v) is 38.7. The van der Waals surface area contributed by atoms with Gasteiger partial charge in [0.25, 0.3) is 35.4 Å². The molecule has 0 radical (unpaired) electrons. The third-order valence-electron chi connectivity index (χ3n) is 19.7. The molecule has 28 heteroatoms. The number of amides is 6. The molecule has 6 amide bonds. The van der Waals surface area contributed by atoms with E-state index in [0.29, 0.717) is 56.4 Å². The molecule has 0 spiro atoms. The number of pyridine rings is 3. The molecule has 0 aromatic carbocycles. The van der Waals surface area contributed by atoms with E-state index in [1.54, 1.807) is 71.1 Å². The molecule has 6 aliphatic rings. The minimum Gasteiger partial charge on any atom is -0.389 e. The topological polar surface area (TPSA) is 346 Å². The normalized spacial score (nSPS) is 19.4. The Morgan fingerprint density at radius 1 is 0.583 bits per heavy atom. The second-order valence-electron chi connectivity index (χ2n) is 31.0. The van der Waals surface area contributed by atoms with Crippen molar-refractivity contribution in [3.05, 3.63) is 85.6 Å². The summed E-state index contributed by atoms with van der Waals surface area (Å²) in [6.45, 7) is 25.6. The minimum atomic E-state index is -1.08. The van der Waals surface area contributed by atoms with Crippen LogP contribution in [0.1, 0.15) is 256 Å². The summed E-state index contributed by atoms with van der Waals surface area (Å²) in [4.78, 5) is 114. The van der Waals surface area contributed by atoms with E-state index in [2.05, 4.69) is 74.8 Å². The van der Waals surface area contributed by atoms with E-state index in [1.165, 1.54) is 35.5 Å². The van der Waals surface area contributed by atoms with Crippen LogP contribution in [-0.4, -0.2) is 187 Å². The molecule has 2 saturated carbocycles. The lowest BCUT2D eigenvalue weighted by atomic mass is 9.78. The number of nitrogens with zero attached hydrogens (tertiary/aromatic N) is 10. The average Bonchev–Trinajstić information content (AvgIpc) is 1.63. The number of aliphatic hydroxyl groups is 3. The maximum absolute atomic E-state index is 13.7. The van der Waals surface area contributed by atoms with Gasteiger partial charge in [-0.25, -0.2) is 29.9 Å². The molecule has 2 bridgehead atoms. The number of aromatic nitrogens is 6. The van der Waals surface area contributed by atoms with Crippen LogP contribution < -0.4 is 31.9 Å². The zero-order valence-corrected chi connectivity index (χ0v) is 64.2. The van der Waals surface area contributed by atoms with Crippen LogP contribution in [0.4, 0.5) is 17.5 Å². The zero-order chi connectivity index (χ0) is 74.5. The molecule has 4 saturated heterocycles. The largest absolute Gasteiger partial charge is 0.389 e. The summed E-state index contributed by atoms with van der Waals surface area (Å²) in [7, 11) is 0. The van der Waals surface area contributed by atoms with Gasteiger partial charge in [0.15, 0.2) is 15.0 Å². The number of carbonyl (C=O) groups excluding carboxylic acids is 6. The molecule has 2 aliphatic carbocycles. The van der Waals surface area contributed by atoms with Crippen LogP contribution in [0.2, 0.25) is 0 Å². The van der Waals surface area contributed by atoms with Crippen molar-refractivity contribution >= 4 is 86.9 Å². The van der Waals surface area contributed by atoms with Crippen LogP contribution in [0, 0.1) is 25.2 Å². The molecular formula is C75H102N16O9S3. The monoisotopic (exact) mass is 1470 g/mol. The van der Waals surface area contributed by atoms with Crippen LogP contribution in [0.3, 0.4) is 0 Å². The van der Waals surface area contributed by atoms with Crippen molar-refractivity contribution in [1.29, 1.82) is 5.26 Å². The number of nitrogens with one attached hydrogen (secondary N) is 6. The van der Waals surface area contributed by atoms with Crippen LogP contribution in [-0.2, 0) is 0 Å². The highest BCUT2D eigenvalue weighted by atomic mass is 32.1. The third-order valence-corrected chi connectivity index (χ3v) is 23.0. The van der Waals surface area contributed by atoms with Gasteiger partial charge in [-0.15, -0.1) is 34.0 Å². The number of carbonyl (C=O) groups is 6. The Kier molecular flexibility index (Phi) is 24.5. The molecule has 6 fully saturated rings. The molecule has 0 unspecified atom stereocenters. The number of hydrogen-bond acceptors (Lipinski definition) is 22. The average molecular weight is 1470 g/mol. The number of likely N-dealkylation sites (tertiary alicyclic amines) is 2. The van der Waals surface area contributed by atoms with Gasteiger partial charge < -0.3 is 61.9 Å². The van der Waals surface area contributed by atoms with Gasteiger partial charge in [0, 0.05) is 110 Å². The molecule has 25 nitrogen and oxygen atoms in total. The highest BCUT2D eigenvalue weighted by molar-refractivity contribution is 7.18. The lowest BCUT2D eigenvalue weighted by Gasteiger charge is -2.39. The highest BCUT2D eigenvalue weighted by Gasteiger charge is 2.45.